The minimum absolute atomic E-state index is 0.478. The van der Waals surface area contributed by atoms with E-state index < -0.39 is 0 Å². The van der Waals surface area contributed by atoms with Crippen LogP contribution in [0.1, 0.15) is 25.3 Å². The maximum Gasteiger partial charge on any atom is 0.207 e. The molecular weight excluding hydrogens is 238 g/mol. The Morgan fingerprint density at radius 1 is 1.32 bits per heavy atom. The third kappa shape index (κ3) is 3.35. The third-order valence-corrected chi connectivity index (χ3v) is 3.08. The molecule has 4 nitrogen and oxygen atoms in total. The first-order chi connectivity index (χ1) is 9.22. The summed E-state index contributed by atoms with van der Waals surface area (Å²) in [7, 11) is 1.71. The van der Waals surface area contributed by atoms with Gasteiger partial charge in [0.15, 0.2) is 0 Å². The van der Waals surface area contributed by atoms with Crippen molar-refractivity contribution < 1.29 is 4.74 Å². The highest BCUT2D eigenvalue weighted by Crippen LogP contribution is 2.26. The fraction of sp³-hybridized carbons (Fsp3) is 0.400. The molecule has 0 radical (unpaired) electrons. The molecule has 1 aromatic heterocycles. The van der Waals surface area contributed by atoms with Crippen LogP contribution in [-0.4, -0.2) is 23.3 Å². The molecule has 0 fully saturated rings. The molecule has 0 aliphatic heterocycles. The number of para-hydroxylation sites is 1. The molecule has 0 aliphatic rings. The maximum absolute atomic E-state index is 5.11. The molecule has 0 unspecified atom stereocenters. The predicted octanol–water partition coefficient (Wildman–Crippen LogP) is 3.40. The summed E-state index contributed by atoms with van der Waals surface area (Å²) in [4.78, 5) is 4.36. The van der Waals surface area contributed by atoms with Crippen molar-refractivity contribution >= 4 is 11.6 Å². The number of hydrogen-bond acceptors (Lipinski definition) is 3. The van der Waals surface area contributed by atoms with Gasteiger partial charge in [0.05, 0.1) is 6.61 Å². The molecular formula is C15H21N3O. The van der Waals surface area contributed by atoms with Crippen LogP contribution in [-0.2, 0) is 11.3 Å². The second-order valence-corrected chi connectivity index (χ2v) is 4.80. The number of hydrogen-bond donors (Lipinski definition) is 1. The van der Waals surface area contributed by atoms with Gasteiger partial charge in [-0.15, -0.1) is 0 Å². The monoisotopic (exact) mass is 259 g/mol. The van der Waals surface area contributed by atoms with Crippen molar-refractivity contribution in [2.75, 3.05) is 19.0 Å². The van der Waals surface area contributed by atoms with Gasteiger partial charge in [-0.2, -0.15) is 0 Å². The van der Waals surface area contributed by atoms with Crippen molar-refractivity contribution in [1.82, 2.24) is 9.55 Å². The summed E-state index contributed by atoms with van der Waals surface area (Å²) in [5, 5.41) is 3.41. The highest BCUT2D eigenvalue weighted by molar-refractivity contribution is 5.59. The molecule has 0 aliphatic carbocycles. The number of ether oxygens (including phenoxy) is 1. The highest BCUT2D eigenvalue weighted by atomic mass is 16.5. The molecule has 0 saturated carbocycles. The number of nitrogens with one attached hydrogen (secondary N) is 1. The van der Waals surface area contributed by atoms with E-state index in [0.29, 0.717) is 12.5 Å². The van der Waals surface area contributed by atoms with E-state index in [9.17, 15) is 0 Å². The number of benzene rings is 1. The summed E-state index contributed by atoms with van der Waals surface area (Å²) < 4.78 is 7.16. The van der Waals surface area contributed by atoms with E-state index in [1.165, 1.54) is 5.56 Å². The van der Waals surface area contributed by atoms with Crippen LogP contribution in [0, 0.1) is 0 Å². The first-order valence-corrected chi connectivity index (χ1v) is 6.58. The second kappa shape index (κ2) is 6.38. The Hall–Kier alpha value is -1.81. The molecule has 0 bridgehead atoms. The van der Waals surface area contributed by atoms with Crippen molar-refractivity contribution in [2.24, 2.45) is 0 Å². The average molecular weight is 259 g/mol. The van der Waals surface area contributed by atoms with Crippen LogP contribution in [0.4, 0.5) is 11.6 Å². The van der Waals surface area contributed by atoms with Crippen molar-refractivity contribution in [3.63, 3.8) is 0 Å². The molecule has 0 spiro atoms. The Labute approximate surface area is 114 Å². The summed E-state index contributed by atoms with van der Waals surface area (Å²) in [6, 6.07) is 8.34. The van der Waals surface area contributed by atoms with Gasteiger partial charge in [0, 0.05) is 31.7 Å². The average Bonchev–Trinajstić information content (AvgIpc) is 2.84. The van der Waals surface area contributed by atoms with Gasteiger partial charge in [-0.3, -0.25) is 0 Å². The van der Waals surface area contributed by atoms with Crippen LogP contribution in [0.2, 0.25) is 0 Å². The van der Waals surface area contributed by atoms with Crippen LogP contribution >= 0.6 is 0 Å². The molecule has 0 atom stereocenters. The quantitative estimate of drug-likeness (QED) is 0.864. The number of anilines is 2. The van der Waals surface area contributed by atoms with E-state index in [1.807, 2.05) is 12.3 Å². The van der Waals surface area contributed by atoms with Crippen LogP contribution < -0.4 is 5.32 Å². The normalized spacial score (nSPS) is 10.9. The van der Waals surface area contributed by atoms with E-state index in [0.717, 1.165) is 18.2 Å². The minimum Gasteiger partial charge on any atom is -0.383 e. The second-order valence-electron chi connectivity index (χ2n) is 4.80. The van der Waals surface area contributed by atoms with E-state index in [2.05, 4.69) is 46.9 Å². The zero-order valence-corrected chi connectivity index (χ0v) is 11.8. The van der Waals surface area contributed by atoms with Crippen LogP contribution in [0.3, 0.4) is 0 Å². The van der Waals surface area contributed by atoms with Crippen LogP contribution in [0.15, 0.2) is 36.7 Å². The standard InChI is InChI=1S/C15H21N3O/c1-12(2)13-6-4-5-7-14(13)17-15-16-8-9-18(15)10-11-19-3/h4-9,12H,10-11H2,1-3H3,(H,16,17). The van der Waals surface area contributed by atoms with Crippen molar-refractivity contribution in [3.05, 3.63) is 42.2 Å². The summed E-state index contributed by atoms with van der Waals surface area (Å²) in [6.07, 6.45) is 3.76. The fourth-order valence-corrected chi connectivity index (χ4v) is 2.04. The maximum atomic E-state index is 5.11. The lowest BCUT2D eigenvalue weighted by Crippen LogP contribution is -2.08. The van der Waals surface area contributed by atoms with Gasteiger partial charge in [0.25, 0.3) is 0 Å². The van der Waals surface area contributed by atoms with Gasteiger partial charge >= 0.3 is 0 Å². The molecule has 102 valence electrons. The largest absolute Gasteiger partial charge is 0.383 e. The molecule has 2 aromatic rings. The van der Waals surface area contributed by atoms with Crippen molar-refractivity contribution in [1.29, 1.82) is 0 Å². The SMILES string of the molecule is COCCn1ccnc1Nc1ccccc1C(C)C. The Morgan fingerprint density at radius 2 is 2.11 bits per heavy atom. The van der Waals surface area contributed by atoms with E-state index in [1.54, 1.807) is 13.3 Å². The molecule has 1 aromatic carbocycles. The summed E-state index contributed by atoms with van der Waals surface area (Å²) in [5.41, 5.74) is 2.41. The third-order valence-electron chi connectivity index (χ3n) is 3.08. The summed E-state index contributed by atoms with van der Waals surface area (Å²) in [5.74, 6) is 1.33. The Kier molecular flexibility index (Phi) is 4.58. The Balaban J connectivity index is 2.19. The van der Waals surface area contributed by atoms with Gasteiger partial charge in [-0.1, -0.05) is 32.0 Å². The first kappa shape index (κ1) is 13.6. The van der Waals surface area contributed by atoms with Crippen molar-refractivity contribution in [2.45, 2.75) is 26.3 Å². The smallest absolute Gasteiger partial charge is 0.207 e. The molecule has 19 heavy (non-hydrogen) atoms. The molecule has 1 N–H and O–H groups in total. The topological polar surface area (TPSA) is 39.1 Å². The zero-order valence-electron chi connectivity index (χ0n) is 11.8. The van der Waals surface area contributed by atoms with E-state index in [4.69, 9.17) is 4.74 Å². The number of rotatable bonds is 6. The fourth-order valence-electron chi connectivity index (χ4n) is 2.04. The van der Waals surface area contributed by atoms with Gasteiger partial charge in [-0.25, -0.2) is 4.98 Å². The van der Waals surface area contributed by atoms with Crippen LogP contribution in [0.5, 0.6) is 0 Å². The van der Waals surface area contributed by atoms with Gasteiger partial charge in [0.1, 0.15) is 0 Å². The number of nitrogens with zero attached hydrogens (tertiary/aromatic N) is 2. The number of methoxy groups -OCH3 is 1. The summed E-state index contributed by atoms with van der Waals surface area (Å²) >= 11 is 0. The van der Waals surface area contributed by atoms with Gasteiger partial charge < -0.3 is 14.6 Å². The lowest BCUT2D eigenvalue weighted by molar-refractivity contribution is 0.188. The van der Waals surface area contributed by atoms with Gasteiger partial charge in [0.2, 0.25) is 5.95 Å². The van der Waals surface area contributed by atoms with E-state index in [-0.39, 0.29) is 0 Å². The molecule has 4 heteroatoms. The molecule has 2 rings (SSSR count). The van der Waals surface area contributed by atoms with Gasteiger partial charge in [-0.05, 0) is 17.5 Å². The van der Waals surface area contributed by atoms with Crippen molar-refractivity contribution in [3.8, 4) is 0 Å². The number of imidazole rings is 1. The summed E-state index contributed by atoms with van der Waals surface area (Å²) in [6.45, 7) is 5.86. The lowest BCUT2D eigenvalue weighted by Gasteiger charge is -2.15. The predicted molar refractivity (Wildman–Crippen MR) is 77.9 cm³/mol. The molecule has 1 heterocycles. The van der Waals surface area contributed by atoms with E-state index >= 15 is 0 Å². The highest BCUT2D eigenvalue weighted by Gasteiger charge is 2.08. The van der Waals surface area contributed by atoms with Crippen LogP contribution in [0.25, 0.3) is 0 Å². The molecule has 0 amide bonds. The Morgan fingerprint density at radius 3 is 2.84 bits per heavy atom. The number of aromatic nitrogens is 2. The lowest BCUT2D eigenvalue weighted by atomic mass is 10.0. The zero-order chi connectivity index (χ0) is 13.7. The first-order valence-electron chi connectivity index (χ1n) is 6.58. The minimum atomic E-state index is 0.478. The Bertz CT molecular complexity index is 520. The molecule has 0 saturated heterocycles.